The van der Waals surface area contributed by atoms with Gasteiger partial charge in [-0.2, -0.15) is 0 Å². The van der Waals surface area contributed by atoms with Crippen molar-refractivity contribution < 1.29 is 31.5 Å². The van der Waals surface area contributed by atoms with Gasteiger partial charge in [0.2, 0.25) is 0 Å². The molecule has 0 aromatic heterocycles. The quantitative estimate of drug-likeness (QED) is 0.693. The molecule has 0 bridgehead atoms. The van der Waals surface area contributed by atoms with Crippen LogP contribution in [0.5, 0.6) is 5.75 Å². The van der Waals surface area contributed by atoms with E-state index in [9.17, 15) is 26.7 Å². The lowest BCUT2D eigenvalue weighted by Gasteiger charge is -2.09. The number of anilines is 1. The standard InChI is InChI=1S/C14H8F5NO2/c15-7-1-4-11(9(17)5-7)22-6-12(21)20-10-3-2-8(16)13(18)14(10)19/h1-5H,6H2,(H,20,21). The molecular formula is C14H8F5NO2. The molecule has 0 unspecified atom stereocenters. The largest absolute Gasteiger partial charge is 0.481 e. The predicted octanol–water partition coefficient (Wildman–Crippen LogP) is 3.40. The summed E-state index contributed by atoms with van der Waals surface area (Å²) in [7, 11) is 0. The fourth-order valence-electron chi connectivity index (χ4n) is 1.54. The zero-order chi connectivity index (χ0) is 16.3. The first-order valence-corrected chi connectivity index (χ1v) is 5.89. The molecule has 0 aliphatic carbocycles. The first-order valence-electron chi connectivity index (χ1n) is 5.89. The van der Waals surface area contributed by atoms with Crippen LogP contribution >= 0.6 is 0 Å². The van der Waals surface area contributed by atoms with Crippen LogP contribution in [0.1, 0.15) is 0 Å². The molecule has 116 valence electrons. The Balaban J connectivity index is 2.00. The first-order chi connectivity index (χ1) is 10.4. The topological polar surface area (TPSA) is 38.3 Å². The normalized spacial score (nSPS) is 10.4. The number of ether oxygens (including phenoxy) is 1. The van der Waals surface area contributed by atoms with E-state index in [4.69, 9.17) is 4.74 Å². The van der Waals surface area contributed by atoms with Gasteiger partial charge in [0.15, 0.2) is 35.6 Å². The second-order valence-corrected chi connectivity index (χ2v) is 4.13. The number of nitrogens with one attached hydrogen (secondary N) is 1. The van der Waals surface area contributed by atoms with E-state index in [2.05, 4.69) is 0 Å². The third-order valence-electron chi connectivity index (χ3n) is 2.56. The molecule has 0 fully saturated rings. The van der Waals surface area contributed by atoms with Crippen LogP contribution in [0, 0.1) is 29.1 Å². The van der Waals surface area contributed by atoms with Gasteiger partial charge in [0.05, 0.1) is 5.69 Å². The van der Waals surface area contributed by atoms with Gasteiger partial charge in [-0.3, -0.25) is 4.79 Å². The highest BCUT2D eigenvalue weighted by molar-refractivity contribution is 5.92. The summed E-state index contributed by atoms with van der Waals surface area (Å²) in [5.41, 5.74) is -0.591. The van der Waals surface area contributed by atoms with Gasteiger partial charge in [0.25, 0.3) is 5.91 Å². The van der Waals surface area contributed by atoms with E-state index in [0.717, 1.165) is 18.2 Å². The van der Waals surface area contributed by atoms with Crippen LogP contribution in [0.3, 0.4) is 0 Å². The maximum Gasteiger partial charge on any atom is 0.262 e. The number of amides is 1. The van der Waals surface area contributed by atoms with Crippen LogP contribution in [0.4, 0.5) is 27.6 Å². The summed E-state index contributed by atoms with van der Waals surface area (Å²) in [4.78, 5) is 11.5. The van der Waals surface area contributed by atoms with Gasteiger partial charge in [0.1, 0.15) is 5.82 Å². The zero-order valence-electron chi connectivity index (χ0n) is 10.8. The minimum atomic E-state index is -1.73. The molecule has 0 heterocycles. The van der Waals surface area contributed by atoms with Crippen LogP contribution in [0.2, 0.25) is 0 Å². The molecule has 1 N–H and O–H groups in total. The SMILES string of the molecule is O=C(COc1ccc(F)cc1F)Nc1ccc(F)c(F)c1F. The van der Waals surface area contributed by atoms with Crippen molar-refractivity contribution in [1.82, 2.24) is 0 Å². The Labute approximate surface area is 121 Å². The summed E-state index contributed by atoms with van der Waals surface area (Å²) in [6.07, 6.45) is 0. The molecule has 0 saturated heterocycles. The fraction of sp³-hybridized carbons (Fsp3) is 0.0714. The molecule has 0 aliphatic heterocycles. The summed E-state index contributed by atoms with van der Waals surface area (Å²) in [5, 5.41) is 1.94. The Morgan fingerprint density at radius 1 is 0.955 bits per heavy atom. The molecule has 3 nitrogen and oxygen atoms in total. The predicted molar refractivity (Wildman–Crippen MR) is 66.8 cm³/mol. The highest BCUT2D eigenvalue weighted by atomic mass is 19.2. The maximum absolute atomic E-state index is 13.3. The Bertz CT molecular complexity index is 721. The number of carbonyl (C=O) groups is 1. The lowest BCUT2D eigenvalue weighted by Crippen LogP contribution is -2.21. The van der Waals surface area contributed by atoms with E-state index < -0.39 is 47.3 Å². The van der Waals surface area contributed by atoms with Gasteiger partial charge in [-0.25, -0.2) is 22.0 Å². The van der Waals surface area contributed by atoms with Crippen LogP contribution in [0.15, 0.2) is 30.3 Å². The summed E-state index contributed by atoms with van der Waals surface area (Å²) in [6, 6.07) is 3.91. The van der Waals surface area contributed by atoms with Gasteiger partial charge in [-0.15, -0.1) is 0 Å². The van der Waals surface area contributed by atoms with Crippen LogP contribution < -0.4 is 10.1 Å². The van der Waals surface area contributed by atoms with Gasteiger partial charge >= 0.3 is 0 Å². The smallest absolute Gasteiger partial charge is 0.262 e. The summed E-state index contributed by atoms with van der Waals surface area (Å²) >= 11 is 0. The monoisotopic (exact) mass is 317 g/mol. The van der Waals surface area contributed by atoms with E-state index in [-0.39, 0.29) is 5.75 Å². The third kappa shape index (κ3) is 3.51. The van der Waals surface area contributed by atoms with E-state index in [1.54, 1.807) is 0 Å². The molecule has 2 aromatic rings. The summed E-state index contributed by atoms with van der Waals surface area (Å²) < 4.78 is 69.7. The second-order valence-electron chi connectivity index (χ2n) is 4.13. The number of hydrogen-bond donors (Lipinski definition) is 1. The molecule has 0 saturated carbocycles. The van der Waals surface area contributed by atoms with Gasteiger partial charge in [-0.1, -0.05) is 0 Å². The molecule has 0 radical (unpaired) electrons. The molecule has 2 aromatic carbocycles. The average molecular weight is 317 g/mol. The van der Waals surface area contributed by atoms with E-state index in [0.29, 0.717) is 12.1 Å². The highest BCUT2D eigenvalue weighted by Crippen LogP contribution is 2.20. The van der Waals surface area contributed by atoms with E-state index in [1.165, 1.54) is 0 Å². The number of rotatable bonds is 4. The summed E-state index contributed by atoms with van der Waals surface area (Å²) in [6.45, 7) is -0.735. The van der Waals surface area contributed by atoms with Crippen molar-refractivity contribution in [3.63, 3.8) is 0 Å². The van der Waals surface area contributed by atoms with Gasteiger partial charge < -0.3 is 10.1 Å². The molecule has 8 heteroatoms. The average Bonchev–Trinajstić information content (AvgIpc) is 2.47. The highest BCUT2D eigenvalue weighted by Gasteiger charge is 2.15. The van der Waals surface area contributed by atoms with Crippen molar-refractivity contribution in [2.75, 3.05) is 11.9 Å². The van der Waals surface area contributed by atoms with Crippen molar-refractivity contribution in [2.45, 2.75) is 0 Å². The maximum atomic E-state index is 13.3. The molecule has 0 aliphatic rings. The van der Waals surface area contributed by atoms with Crippen LogP contribution in [0.25, 0.3) is 0 Å². The molecule has 2 rings (SSSR count). The van der Waals surface area contributed by atoms with Crippen LogP contribution in [-0.4, -0.2) is 12.5 Å². The molecule has 0 atom stereocenters. The lowest BCUT2D eigenvalue weighted by atomic mass is 10.3. The van der Waals surface area contributed by atoms with Gasteiger partial charge in [0, 0.05) is 6.07 Å². The fourth-order valence-corrected chi connectivity index (χ4v) is 1.54. The minimum absolute atomic E-state index is 0.387. The van der Waals surface area contributed by atoms with Crippen molar-refractivity contribution in [2.24, 2.45) is 0 Å². The van der Waals surface area contributed by atoms with E-state index >= 15 is 0 Å². The number of halogens is 5. The number of benzene rings is 2. The van der Waals surface area contributed by atoms with Gasteiger partial charge in [-0.05, 0) is 24.3 Å². The zero-order valence-corrected chi connectivity index (χ0v) is 10.8. The Morgan fingerprint density at radius 2 is 1.68 bits per heavy atom. The number of hydrogen-bond acceptors (Lipinski definition) is 2. The first kappa shape index (κ1) is 15.7. The van der Waals surface area contributed by atoms with E-state index in [1.807, 2.05) is 5.32 Å². The molecule has 22 heavy (non-hydrogen) atoms. The molecular weight excluding hydrogens is 309 g/mol. The van der Waals surface area contributed by atoms with Crippen molar-refractivity contribution >= 4 is 11.6 Å². The Kier molecular flexibility index (Phi) is 4.59. The Morgan fingerprint density at radius 3 is 2.36 bits per heavy atom. The minimum Gasteiger partial charge on any atom is -0.481 e. The Hall–Kier alpha value is -2.64. The van der Waals surface area contributed by atoms with Crippen molar-refractivity contribution in [3.8, 4) is 5.75 Å². The van der Waals surface area contributed by atoms with Crippen molar-refractivity contribution in [3.05, 3.63) is 59.4 Å². The second kappa shape index (κ2) is 6.42. The summed E-state index contributed by atoms with van der Waals surface area (Å²) in [5.74, 6) is -7.87. The third-order valence-corrected chi connectivity index (χ3v) is 2.56. The lowest BCUT2D eigenvalue weighted by molar-refractivity contribution is -0.118. The molecule has 1 amide bonds. The molecule has 0 spiro atoms. The number of carbonyl (C=O) groups excluding carboxylic acids is 1. The van der Waals surface area contributed by atoms with Crippen molar-refractivity contribution in [1.29, 1.82) is 0 Å². The van der Waals surface area contributed by atoms with Crippen LogP contribution in [-0.2, 0) is 4.79 Å².